The first-order chi connectivity index (χ1) is 14.3. The van der Waals surface area contributed by atoms with Gasteiger partial charge in [-0.2, -0.15) is 18.4 Å². The SMILES string of the molecule is N#Cc1ccc(Nc2cc(C(=O)Nc3cnccc3OCC(F)(F)F)ccn2)nc1. The number of rotatable bonds is 6. The summed E-state index contributed by atoms with van der Waals surface area (Å²) in [4.78, 5) is 24.5. The maximum atomic E-state index is 12.5. The average molecular weight is 414 g/mol. The van der Waals surface area contributed by atoms with E-state index in [9.17, 15) is 18.0 Å². The van der Waals surface area contributed by atoms with E-state index in [1.54, 1.807) is 12.1 Å². The lowest BCUT2D eigenvalue weighted by Gasteiger charge is -2.13. The first kappa shape index (κ1) is 20.5. The van der Waals surface area contributed by atoms with Crippen LogP contribution in [0.5, 0.6) is 5.75 Å². The molecule has 0 aliphatic carbocycles. The molecule has 152 valence electrons. The van der Waals surface area contributed by atoms with Gasteiger partial charge < -0.3 is 15.4 Å². The van der Waals surface area contributed by atoms with Crippen molar-refractivity contribution in [2.75, 3.05) is 17.2 Å². The molecule has 11 heteroatoms. The number of nitrogens with zero attached hydrogens (tertiary/aromatic N) is 4. The highest BCUT2D eigenvalue weighted by atomic mass is 19.4. The molecule has 0 bridgehead atoms. The topological polar surface area (TPSA) is 113 Å². The van der Waals surface area contributed by atoms with Crippen molar-refractivity contribution in [3.63, 3.8) is 0 Å². The Hall–Kier alpha value is -4.20. The van der Waals surface area contributed by atoms with Crippen LogP contribution in [0.15, 0.2) is 55.1 Å². The van der Waals surface area contributed by atoms with Gasteiger partial charge in [-0.25, -0.2) is 9.97 Å². The van der Waals surface area contributed by atoms with Gasteiger partial charge in [-0.15, -0.1) is 0 Å². The molecule has 0 radical (unpaired) electrons. The number of pyridine rings is 3. The summed E-state index contributed by atoms with van der Waals surface area (Å²) in [6, 6.07) is 9.17. The molecule has 0 saturated heterocycles. The summed E-state index contributed by atoms with van der Waals surface area (Å²) >= 11 is 0. The van der Waals surface area contributed by atoms with E-state index in [1.807, 2.05) is 6.07 Å². The quantitative estimate of drug-likeness (QED) is 0.633. The third-order valence-corrected chi connectivity index (χ3v) is 3.59. The minimum Gasteiger partial charge on any atom is -0.482 e. The van der Waals surface area contributed by atoms with E-state index in [4.69, 9.17) is 10.00 Å². The normalized spacial score (nSPS) is 10.7. The summed E-state index contributed by atoms with van der Waals surface area (Å²) in [5, 5.41) is 14.2. The Morgan fingerprint density at radius 2 is 1.93 bits per heavy atom. The number of hydrogen-bond acceptors (Lipinski definition) is 7. The van der Waals surface area contributed by atoms with E-state index < -0.39 is 18.7 Å². The van der Waals surface area contributed by atoms with Gasteiger partial charge in [0.05, 0.1) is 11.8 Å². The number of carbonyl (C=O) groups is 1. The first-order valence-electron chi connectivity index (χ1n) is 8.38. The van der Waals surface area contributed by atoms with Crippen molar-refractivity contribution in [1.82, 2.24) is 15.0 Å². The molecule has 3 heterocycles. The molecule has 0 aliphatic heterocycles. The largest absolute Gasteiger partial charge is 0.482 e. The lowest BCUT2D eigenvalue weighted by molar-refractivity contribution is -0.153. The van der Waals surface area contributed by atoms with Crippen molar-refractivity contribution < 1.29 is 22.7 Å². The number of amides is 1. The highest BCUT2D eigenvalue weighted by Gasteiger charge is 2.29. The molecule has 0 saturated carbocycles. The van der Waals surface area contributed by atoms with Gasteiger partial charge in [0.1, 0.15) is 29.1 Å². The number of aromatic nitrogens is 3. The molecule has 0 atom stereocenters. The summed E-state index contributed by atoms with van der Waals surface area (Å²) in [6.45, 7) is -1.50. The fourth-order valence-corrected chi connectivity index (χ4v) is 2.26. The summed E-state index contributed by atoms with van der Waals surface area (Å²) in [6.07, 6.45) is 0.676. The average Bonchev–Trinajstić information content (AvgIpc) is 2.73. The van der Waals surface area contributed by atoms with Crippen LogP contribution in [0.3, 0.4) is 0 Å². The second kappa shape index (κ2) is 8.87. The van der Waals surface area contributed by atoms with Crippen molar-refractivity contribution >= 4 is 23.2 Å². The molecule has 8 nitrogen and oxygen atoms in total. The van der Waals surface area contributed by atoms with Gasteiger partial charge in [-0.05, 0) is 24.3 Å². The van der Waals surface area contributed by atoms with Gasteiger partial charge in [-0.1, -0.05) is 0 Å². The number of nitriles is 1. The van der Waals surface area contributed by atoms with Crippen molar-refractivity contribution in [2.45, 2.75) is 6.18 Å². The van der Waals surface area contributed by atoms with Gasteiger partial charge in [0.15, 0.2) is 6.61 Å². The monoisotopic (exact) mass is 414 g/mol. The highest BCUT2D eigenvalue weighted by Crippen LogP contribution is 2.26. The molecule has 30 heavy (non-hydrogen) atoms. The molecule has 3 rings (SSSR count). The number of nitrogens with one attached hydrogen (secondary N) is 2. The van der Waals surface area contributed by atoms with Crippen LogP contribution in [-0.4, -0.2) is 33.6 Å². The predicted octanol–water partition coefficient (Wildman–Crippen LogP) is 3.68. The second-order valence-electron chi connectivity index (χ2n) is 5.83. The van der Waals surface area contributed by atoms with Gasteiger partial charge in [0, 0.05) is 30.2 Å². The van der Waals surface area contributed by atoms with Crippen LogP contribution in [0.2, 0.25) is 0 Å². The zero-order valence-corrected chi connectivity index (χ0v) is 15.1. The lowest BCUT2D eigenvalue weighted by atomic mass is 10.2. The van der Waals surface area contributed by atoms with Crippen LogP contribution in [0.4, 0.5) is 30.5 Å². The van der Waals surface area contributed by atoms with E-state index in [0.29, 0.717) is 17.2 Å². The van der Waals surface area contributed by atoms with E-state index >= 15 is 0 Å². The fourth-order valence-electron chi connectivity index (χ4n) is 2.26. The summed E-state index contributed by atoms with van der Waals surface area (Å²) in [5.41, 5.74) is 0.570. The zero-order valence-electron chi connectivity index (χ0n) is 15.1. The van der Waals surface area contributed by atoms with Crippen LogP contribution in [0.25, 0.3) is 0 Å². The predicted molar refractivity (Wildman–Crippen MR) is 100 cm³/mol. The Balaban J connectivity index is 1.72. The number of alkyl halides is 3. The fraction of sp³-hybridized carbons (Fsp3) is 0.105. The lowest BCUT2D eigenvalue weighted by Crippen LogP contribution is -2.20. The smallest absolute Gasteiger partial charge is 0.422 e. The van der Waals surface area contributed by atoms with Gasteiger partial charge in [0.2, 0.25) is 0 Å². The van der Waals surface area contributed by atoms with E-state index in [2.05, 4.69) is 25.6 Å². The van der Waals surface area contributed by atoms with Gasteiger partial charge in [-0.3, -0.25) is 9.78 Å². The van der Waals surface area contributed by atoms with Crippen LogP contribution in [0, 0.1) is 11.3 Å². The Bertz CT molecular complexity index is 1080. The van der Waals surface area contributed by atoms with E-state index in [0.717, 1.165) is 0 Å². The molecule has 0 spiro atoms. The molecule has 0 fully saturated rings. The van der Waals surface area contributed by atoms with Crippen LogP contribution < -0.4 is 15.4 Å². The van der Waals surface area contributed by atoms with Crippen molar-refractivity contribution in [3.05, 3.63) is 66.2 Å². The number of halogens is 3. The van der Waals surface area contributed by atoms with Crippen LogP contribution in [-0.2, 0) is 0 Å². The summed E-state index contributed by atoms with van der Waals surface area (Å²) in [5.74, 6) is -0.0447. The first-order valence-corrected chi connectivity index (χ1v) is 8.38. The molecule has 0 unspecified atom stereocenters. The van der Waals surface area contributed by atoms with Crippen molar-refractivity contribution in [1.29, 1.82) is 5.26 Å². The van der Waals surface area contributed by atoms with Gasteiger partial charge in [0.25, 0.3) is 5.91 Å². The van der Waals surface area contributed by atoms with Crippen LogP contribution in [0.1, 0.15) is 15.9 Å². The maximum absolute atomic E-state index is 12.5. The maximum Gasteiger partial charge on any atom is 0.422 e. The Kier molecular flexibility index (Phi) is 6.07. The highest BCUT2D eigenvalue weighted by molar-refractivity contribution is 6.05. The minimum atomic E-state index is -4.52. The second-order valence-corrected chi connectivity index (χ2v) is 5.83. The number of anilines is 3. The Labute approximate surface area is 168 Å². The molecule has 3 aromatic heterocycles. The zero-order chi connectivity index (χ0) is 21.6. The molecule has 1 amide bonds. The molecular weight excluding hydrogens is 401 g/mol. The summed E-state index contributed by atoms with van der Waals surface area (Å²) in [7, 11) is 0. The third-order valence-electron chi connectivity index (χ3n) is 3.59. The van der Waals surface area contributed by atoms with E-state index in [1.165, 1.54) is 43.0 Å². The number of carbonyl (C=O) groups excluding carboxylic acids is 1. The molecule has 0 aliphatic rings. The van der Waals surface area contributed by atoms with Gasteiger partial charge >= 0.3 is 6.18 Å². The summed E-state index contributed by atoms with van der Waals surface area (Å²) < 4.78 is 41.9. The number of ether oxygens (including phenoxy) is 1. The van der Waals surface area contributed by atoms with Crippen molar-refractivity contribution in [2.24, 2.45) is 0 Å². The molecular formula is C19H13F3N6O2. The standard InChI is InChI=1S/C19H13F3N6O2/c20-19(21,22)11-30-15-4-5-24-10-14(15)27-18(29)13-3-6-25-17(7-13)28-16-2-1-12(8-23)9-26-16/h1-7,9-10H,11H2,(H,27,29)(H,25,26,28). The Morgan fingerprint density at radius 3 is 2.63 bits per heavy atom. The Morgan fingerprint density at radius 1 is 1.10 bits per heavy atom. The van der Waals surface area contributed by atoms with Crippen molar-refractivity contribution in [3.8, 4) is 11.8 Å². The van der Waals surface area contributed by atoms with Crippen LogP contribution >= 0.6 is 0 Å². The minimum absolute atomic E-state index is 0.00756. The third kappa shape index (κ3) is 5.65. The molecule has 0 aromatic carbocycles. The molecule has 2 N–H and O–H groups in total. The number of hydrogen-bond donors (Lipinski definition) is 2. The molecule has 3 aromatic rings. The van der Waals surface area contributed by atoms with E-state index in [-0.39, 0.29) is 17.0 Å².